The van der Waals surface area contributed by atoms with Crippen molar-refractivity contribution in [1.29, 1.82) is 0 Å². The van der Waals surface area contributed by atoms with Gasteiger partial charge in [0.1, 0.15) is 5.75 Å². The molecule has 0 radical (unpaired) electrons. The van der Waals surface area contributed by atoms with Gasteiger partial charge in [0.15, 0.2) is 0 Å². The van der Waals surface area contributed by atoms with E-state index in [-0.39, 0.29) is 6.61 Å². The van der Waals surface area contributed by atoms with Crippen LogP contribution in [-0.2, 0) is 0 Å². The quantitative estimate of drug-likeness (QED) is 0.785. The summed E-state index contributed by atoms with van der Waals surface area (Å²) in [5.74, 6) is 3.20. The van der Waals surface area contributed by atoms with Crippen LogP contribution in [0.4, 0.5) is 0 Å². The Hall–Kier alpha value is -0.190. The van der Waals surface area contributed by atoms with Gasteiger partial charge in [-0.25, -0.2) is 0 Å². The molecular weight excluding hydrogens is 288 g/mol. The van der Waals surface area contributed by atoms with E-state index in [4.69, 9.17) is 9.84 Å². The molecule has 16 heavy (non-hydrogen) atoms. The molecule has 90 valence electrons. The number of ether oxygens (including phenoxy) is 1. The van der Waals surface area contributed by atoms with Gasteiger partial charge in [-0.1, -0.05) is 28.9 Å². The first-order valence-electron chi connectivity index (χ1n) is 5.29. The molecule has 0 aliphatic heterocycles. The molecule has 1 rings (SSSR count). The lowest BCUT2D eigenvalue weighted by Crippen LogP contribution is -2.06. The summed E-state index contributed by atoms with van der Waals surface area (Å²) in [7, 11) is 0. The molecule has 0 aromatic heterocycles. The molecule has 0 aliphatic carbocycles. The van der Waals surface area contributed by atoms with Gasteiger partial charge in [-0.05, 0) is 29.9 Å². The Kier molecular flexibility index (Phi) is 6.92. The first-order valence-corrected chi connectivity index (χ1v) is 7.24. The maximum Gasteiger partial charge on any atom is 0.120 e. The second-order valence-corrected chi connectivity index (χ2v) is 5.73. The van der Waals surface area contributed by atoms with Crippen LogP contribution in [0.15, 0.2) is 28.7 Å². The summed E-state index contributed by atoms with van der Waals surface area (Å²) in [6.07, 6.45) is 0. The van der Waals surface area contributed by atoms with E-state index in [0.717, 1.165) is 21.7 Å². The molecule has 0 heterocycles. The third-order valence-corrected chi connectivity index (χ3v) is 3.76. The van der Waals surface area contributed by atoms with Crippen molar-refractivity contribution in [3.05, 3.63) is 28.7 Å². The van der Waals surface area contributed by atoms with Gasteiger partial charge in [0.25, 0.3) is 0 Å². The highest BCUT2D eigenvalue weighted by molar-refractivity contribution is 9.10. The van der Waals surface area contributed by atoms with Crippen LogP contribution in [-0.4, -0.2) is 29.8 Å². The first kappa shape index (κ1) is 13.9. The van der Waals surface area contributed by atoms with Crippen molar-refractivity contribution in [2.75, 3.05) is 24.7 Å². The Bertz CT molecular complexity index is 307. The smallest absolute Gasteiger partial charge is 0.120 e. The van der Waals surface area contributed by atoms with E-state index < -0.39 is 0 Å². The molecule has 1 aromatic carbocycles. The number of aliphatic hydroxyl groups is 1. The number of rotatable bonds is 7. The fourth-order valence-electron chi connectivity index (χ4n) is 1.11. The standard InChI is InChI=1S/C12H17BrO2S/c1-10(8-14)9-16-6-5-15-12-4-2-3-11(13)7-12/h2-4,7,10,14H,5-6,8-9H2,1H3. The third kappa shape index (κ3) is 5.77. The maximum absolute atomic E-state index is 8.85. The number of hydrogen-bond acceptors (Lipinski definition) is 3. The van der Waals surface area contributed by atoms with E-state index >= 15 is 0 Å². The van der Waals surface area contributed by atoms with Gasteiger partial charge in [0.2, 0.25) is 0 Å². The summed E-state index contributed by atoms with van der Waals surface area (Å²) in [4.78, 5) is 0. The van der Waals surface area contributed by atoms with Gasteiger partial charge < -0.3 is 9.84 Å². The number of thioether (sulfide) groups is 1. The molecule has 0 aliphatic rings. The van der Waals surface area contributed by atoms with E-state index in [0.29, 0.717) is 12.5 Å². The molecule has 1 N–H and O–H groups in total. The minimum Gasteiger partial charge on any atom is -0.493 e. The molecule has 0 amide bonds. The van der Waals surface area contributed by atoms with Crippen LogP contribution >= 0.6 is 27.7 Å². The highest BCUT2D eigenvalue weighted by Gasteiger charge is 2.00. The zero-order valence-corrected chi connectivity index (χ0v) is 11.8. The van der Waals surface area contributed by atoms with E-state index in [1.54, 1.807) is 0 Å². The lowest BCUT2D eigenvalue weighted by Gasteiger charge is -2.08. The topological polar surface area (TPSA) is 29.5 Å². The molecule has 4 heteroatoms. The van der Waals surface area contributed by atoms with E-state index in [1.807, 2.05) is 43.0 Å². The van der Waals surface area contributed by atoms with Crippen molar-refractivity contribution in [1.82, 2.24) is 0 Å². The van der Waals surface area contributed by atoms with Crippen molar-refractivity contribution in [3.8, 4) is 5.75 Å². The fourth-order valence-corrected chi connectivity index (χ4v) is 2.37. The molecule has 0 saturated heterocycles. The number of hydrogen-bond donors (Lipinski definition) is 1. The predicted octanol–water partition coefficient (Wildman–Crippen LogP) is 3.19. The highest BCUT2D eigenvalue weighted by atomic mass is 79.9. The second kappa shape index (κ2) is 7.98. The molecule has 1 atom stereocenters. The van der Waals surface area contributed by atoms with Crippen LogP contribution in [0.2, 0.25) is 0 Å². The molecular formula is C12H17BrO2S. The lowest BCUT2D eigenvalue weighted by atomic mass is 10.2. The minimum absolute atomic E-state index is 0.263. The summed E-state index contributed by atoms with van der Waals surface area (Å²) in [5, 5.41) is 8.85. The minimum atomic E-state index is 0.263. The van der Waals surface area contributed by atoms with Crippen LogP contribution in [0.25, 0.3) is 0 Å². The average Bonchev–Trinajstić information content (AvgIpc) is 2.28. The third-order valence-electron chi connectivity index (χ3n) is 2.01. The monoisotopic (exact) mass is 304 g/mol. The number of halogens is 1. The van der Waals surface area contributed by atoms with Gasteiger partial charge in [0, 0.05) is 16.8 Å². The summed E-state index contributed by atoms with van der Waals surface area (Å²) in [5.41, 5.74) is 0. The Morgan fingerprint density at radius 3 is 3.00 bits per heavy atom. The molecule has 1 unspecified atom stereocenters. The Morgan fingerprint density at radius 1 is 1.50 bits per heavy atom. The van der Waals surface area contributed by atoms with E-state index in [9.17, 15) is 0 Å². The van der Waals surface area contributed by atoms with E-state index in [1.165, 1.54) is 0 Å². The van der Waals surface area contributed by atoms with Gasteiger partial charge in [-0.15, -0.1) is 0 Å². The summed E-state index contributed by atoms with van der Waals surface area (Å²) >= 11 is 5.21. The van der Waals surface area contributed by atoms with Crippen molar-refractivity contribution in [2.24, 2.45) is 5.92 Å². The second-order valence-electron chi connectivity index (χ2n) is 3.67. The molecule has 2 nitrogen and oxygen atoms in total. The molecule has 1 aromatic rings. The van der Waals surface area contributed by atoms with Crippen molar-refractivity contribution in [2.45, 2.75) is 6.92 Å². The van der Waals surface area contributed by atoms with E-state index in [2.05, 4.69) is 15.9 Å². The van der Waals surface area contributed by atoms with Crippen molar-refractivity contribution in [3.63, 3.8) is 0 Å². The molecule has 0 spiro atoms. The Labute approximate surface area is 110 Å². The Morgan fingerprint density at radius 2 is 2.31 bits per heavy atom. The zero-order valence-electron chi connectivity index (χ0n) is 9.36. The normalized spacial score (nSPS) is 12.4. The maximum atomic E-state index is 8.85. The van der Waals surface area contributed by atoms with Gasteiger partial charge in [-0.3, -0.25) is 0 Å². The summed E-state index contributed by atoms with van der Waals surface area (Å²) in [6, 6.07) is 7.84. The van der Waals surface area contributed by atoms with Crippen LogP contribution in [0.3, 0.4) is 0 Å². The van der Waals surface area contributed by atoms with Crippen molar-refractivity contribution < 1.29 is 9.84 Å². The van der Waals surface area contributed by atoms with Crippen LogP contribution in [0.1, 0.15) is 6.92 Å². The SMILES string of the molecule is CC(CO)CSCCOc1cccc(Br)c1. The zero-order chi connectivity index (χ0) is 11.8. The molecule has 0 bridgehead atoms. The molecule has 0 saturated carbocycles. The average molecular weight is 305 g/mol. The largest absolute Gasteiger partial charge is 0.493 e. The lowest BCUT2D eigenvalue weighted by molar-refractivity contribution is 0.250. The van der Waals surface area contributed by atoms with Gasteiger partial charge in [-0.2, -0.15) is 11.8 Å². The van der Waals surface area contributed by atoms with Gasteiger partial charge in [0.05, 0.1) is 6.61 Å². The summed E-state index contributed by atoms with van der Waals surface area (Å²) in [6.45, 7) is 3.01. The van der Waals surface area contributed by atoms with Crippen LogP contribution in [0.5, 0.6) is 5.75 Å². The van der Waals surface area contributed by atoms with Crippen molar-refractivity contribution >= 4 is 27.7 Å². The number of aliphatic hydroxyl groups excluding tert-OH is 1. The first-order chi connectivity index (χ1) is 7.72. The fraction of sp³-hybridized carbons (Fsp3) is 0.500. The van der Waals surface area contributed by atoms with Gasteiger partial charge >= 0.3 is 0 Å². The Balaban J connectivity index is 2.12. The summed E-state index contributed by atoms with van der Waals surface area (Å²) < 4.78 is 6.62. The van der Waals surface area contributed by atoms with Crippen LogP contribution in [0, 0.1) is 5.92 Å². The highest BCUT2D eigenvalue weighted by Crippen LogP contribution is 2.18. The number of benzene rings is 1. The predicted molar refractivity (Wildman–Crippen MR) is 73.2 cm³/mol. The molecule has 0 fully saturated rings. The van der Waals surface area contributed by atoms with Crippen LogP contribution < -0.4 is 4.74 Å².